The Kier molecular flexibility index (Phi) is 4.43. The van der Waals surface area contributed by atoms with Gasteiger partial charge in [-0.25, -0.2) is 4.39 Å². The van der Waals surface area contributed by atoms with E-state index in [4.69, 9.17) is 5.73 Å². The van der Waals surface area contributed by atoms with E-state index in [1.54, 1.807) is 19.1 Å². The van der Waals surface area contributed by atoms with Gasteiger partial charge in [0.05, 0.1) is 0 Å². The summed E-state index contributed by atoms with van der Waals surface area (Å²) in [5, 5.41) is 3.18. The third kappa shape index (κ3) is 3.62. The van der Waals surface area contributed by atoms with Gasteiger partial charge in [-0.1, -0.05) is 19.1 Å². The van der Waals surface area contributed by atoms with Gasteiger partial charge in [0.1, 0.15) is 5.82 Å². The molecule has 1 aromatic carbocycles. The van der Waals surface area contributed by atoms with Gasteiger partial charge in [0.15, 0.2) is 0 Å². The minimum atomic E-state index is -0.321. The highest BCUT2D eigenvalue weighted by Gasteiger charge is 2.11. The number of benzene rings is 1. The third-order valence-corrected chi connectivity index (χ3v) is 2.59. The number of hydrogen-bond acceptors (Lipinski definition) is 2. The van der Waals surface area contributed by atoms with Crippen molar-refractivity contribution in [1.29, 1.82) is 0 Å². The van der Waals surface area contributed by atoms with E-state index in [1.807, 2.05) is 6.92 Å². The first-order valence-corrected chi connectivity index (χ1v) is 5.29. The average molecular weight is 224 g/mol. The molecule has 1 aromatic rings. The number of carbonyl (C=O) groups is 1. The van der Waals surface area contributed by atoms with Gasteiger partial charge in [0.25, 0.3) is 0 Å². The summed E-state index contributed by atoms with van der Waals surface area (Å²) < 4.78 is 12.7. The van der Waals surface area contributed by atoms with Crippen molar-refractivity contribution in [2.45, 2.75) is 19.9 Å². The highest BCUT2D eigenvalue weighted by molar-refractivity contribution is 5.76. The molecule has 3 nitrogen and oxygen atoms in total. The van der Waals surface area contributed by atoms with Crippen molar-refractivity contribution in [3.63, 3.8) is 0 Å². The molecular weight excluding hydrogens is 207 g/mol. The van der Waals surface area contributed by atoms with E-state index in [1.165, 1.54) is 12.1 Å². The van der Waals surface area contributed by atoms with Gasteiger partial charge in [-0.15, -0.1) is 0 Å². The van der Waals surface area contributed by atoms with Gasteiger partial charge < -0.3 is 11.1 Å². The van der Waals surface area contributed by atoms with Gasteiger partial charge in [0.2, 0.25) is 5.91 Å². The average Bonchev–Trinajstić information content (AvgIpc) is 2.26. The summed E-state index contributed by atoms with van der Waals surface area (Å²) in [6, 6.07) is 6.36. The summed E-state index contributed by atoms with van der Waals surface area (Å²) >= 11 is 0. The van der Waals surface area contributed by atoms with Crippen LogP contribution >= 0.6 is 0 Å². The van der Waals surface area contributed by atoms with Crippen molar-refractivity contribution in [3.05, 3.63) is 35.6 Å². The van der Waals surface area contributed by atoms with Gasteiger partial charge in [-0.05, 0) is 24.6 Å². The smallest absolute Gasteiger partial charge is 0.221 e. The molecule has 3 N–H and O–H groups in total. The number of rotatable bonds is 5. The van der Waals surface area contributed by atoms with Crippen molar-refractivity contribution in [2.75, 3.05) is 6.54 Å². The van der Waals surface area contributed by atoms with E-state index >= 15 is 0 Å². The van der Waals surface area contributed by atoms with Crippen LogP contribution in [0.25, 0.3) is 0 Å². The maximum Gasteiger partial charge on any atom is 0.221 e. The highest BCUT2D eigenvalue weighted by atomic mass is 19.1. The molecule has 16 heavy (non-hydrogen) atoms. The van der Waals surface area contributed by atoms with E-state index < -0.39 is 0 Å². The van der Waals surface area contributed by atoms with Crippen LogP contribution in [0.3, 0.4) is 0 Å². The van der Waals surface area contributed by atoms with Crippen LogP contribution in [0.4, 0.5) is 4.39 Å². The molecule has 0 spiro atoms. The fourth-order valence-electron chi connectivity index (χ4n) is 1.32. The molecule has 1 rings (SSSR count). The molecule has 2 unspecified atom stereocenters. The van der Waals surface area contributed by atoms with Crippen molar-refractivity contribution in [2.24, 2.45) is 11.7 Å². The Labute approximate surface area is 94.8 Å². The molecule has 4 heteroatoms. The van der Waals surface area contributed by atoms with E-state index in [-0.39, 0.29) is 23.7 Å². The number of amides is 1. The second-order valence-electron chi connectivity index (χ2n) is 3.98. The first-order valence-electron chi connectivity index (χ1n) is 5.29. The first kappa shape index (κ1) is 12.6. The largest absolute Gasteiger partial charge is 0.369 e. The molecule has 2 atom stereocenters. The SMILES string of the molecule is CC(CNC(C)c1ccc(F)cc1)C(N)=O. The molecule has 0 radical (unpaired) electrons. The normalized spacial score (nSPS) is 14.4. The van der Waals surface area contributed by atoms with Gasteiger partial charge in [-0.3, -0.25) is 4.79 Å². The number of halogens is 1. The van der Waals surface area contributed by atoms with Crippen LogP contribution in [0.5, 0.6) is 0 Å². The topological polar surface area (TPSA) is 55.1 Å². The minimum Gasteiger partial charge on any atom is -0.369 e. The van der Waals surface area contributed by atoms with Crippen LogP contribution in [0.15, 0.2) is 24.3 Å². The van der Waals surface area contributed by atoms with Gasteiger partial charge in [-0.2, -0.15) is 0 Å². The Morgan fingerprint density at radius 3 is 2.44 bits per heavy atom. The lowest BCUT2D eigenvalue weighted by molar-refractivity contribution is -0.121. The number of carbonyl (C=O) groups excluding carboxylic acids is 1. The zero-order chi connectivity index (χ0) is 12.1. The molecule has 0 bridgehead atoms. The van der Waals surface area contributed by atoms with E-state index in [0.717, 1.165) is 5.56 Å². The predicted octanol–water partition coefficient (Wildman–Crippen LogP) is 1.60. The van der Waals surface area contributed by atoms with Crippen molar-refractivity contribution in [3.8, 4) is 0 Å². The summed E-state index contributed by atoms with van der Waals surface area (Å²) in [4.78, 5) is 10.8. The number of nitrogens with two attached hydrogens (primary N) is 1. The molecule has 0 aliphatic rings. The second kappa shape index (κ2) is 5.61. The van der Waals surface area contributed by atoms with Crippen LogP contribution in [-0.2, 0) is 4.79 Å². The Hall–Kier alpha value is -1.42. The molecule has 1 amide bonds. The molecule has 0 saturated carbocycles. The molecule has 0 aliphatic heterocycles. The van der Waals surface area contributed by atoms with Crippen molar-refractivity contribution in [1.82, 2.24) is 5.32 Å². The summed E-state index contributed by atoms with van der Waals surface area (Å²) in [6.07, 6.45) is 0. The maximum absolute atomic E-state index is 12.7. The number of nitrogens with one attached hydrogen (secondary N) is 1. The molecular formula is C12H17FN2O. The monoisotopic (exact) mass is 224 g/mol. The third-order valence-electron chi connectivity index (χ3n) is 2.59. The van der Waals surface area contributed by atoms with E-state index in [9.17, 15) is 9.18 Å². The predicted molar refractivity (Wildman–Crippen MR) is 61.2 cm³/mol. The molecule has 0 aliphatic carbocycles. The van der Waals surface area contributed by atoms with Crippen molar-refractivity contribution < 1.29 is 9.18 Å². The maximum atomic E-state index is 12.7. The summed E-state index contributed by atoms with van der Waals surface area (Å²) in [5.41, 5.74) is 6.14. The molecule has 0 fully saturated rings. The Bertz CT molecular complexity index is 351. The molecule has 0 saturated heterocycles. The van der Waals surface area contributed by atoms with Crippen molar-refractivity contribution >= 4 is 5.91 Å². The van der Waals surface area contributed by atoms with Gasteiger partial charge in [0, 0.05) is 18.5 Å². The van der Waals surface area contributed by atoms with Crippen LogP contribution in [0.2, 0.25) is 0 Å². The standard InChI is InChI=1S/C12H17FN2O/c1-8(12(14)16)7-15-9(2)10-3-5-11(13)6-4-10/h3-6,8-9,15H,7H2,1-2H3,(H2,14,16). The zero-order valence-corrected chi connectivity index (χ0v) is 9.53. The Morgan fingerprint density at radius 2 is 1.94 bits per heavy atom. The molecule has 88 valence electrons. The quantitative estimate of drug-likeness (QED) is 0.798. The summed E-state index contributed by atoms with van der Waals surface area (Å²) in [5.74, 6) is -0.775. The van der Waals surface area contributed by atoms with E-state index in [2.05, 4.69) is 5.32 Å². The van der Waals surface area contributed by atoms with E-state index in [0.29, 0.717) is 6.54 Å². The summed E-state index contributed by atoms with van der Waals surface area (Å²) in [6.45, 7) is 4.25. The highest BCUT2D eigenvalue weighted by Crippen LogP contribution is 2.12. The number of primary amides is 1. The fraction of sp³-hybridized carbons (Fsp3) is 0.417. The van der Waals surface area contributed by atoms with Gasteiger partial charge >= 0.3 is 0 Å². The molecule has 0 aromatic heterocycles. The second-order valence-corrected chi connectivity index (χ2v) is 3.98. The lowest BCUT2D eigenvalue weighted by Crippen LogP contribution is -2.32. The minimum absolute atomic E-state index is 0.0717. The first-order chi connectivity index (χ1) is 7.50. The van der Waals surface area contributed by atoms with Crippen LogP contribution < -0.4 is 11.1 Å². The van der Waals surface area contributed by atoms with Crippen LogP contribution in [0, 0.1) is 11.7 Å². The van der Waals surface area contributed by atoms with Crippen LogP contribution in [0.1, 0.15) is 25.5 Å². The Balaban J connectivity index is 2.49. The lowest BCUT2D eigenvalue weighted by Gasteiger charge is -2.16. The zero-order valence-electron chi connectivity index (χ0n) is 9.53. The lowest BCUT2D eigenvalue weighted by atomic mass is 10.1. The Morgan fingerprint density at radius 1 is 1.38 bits per heavy atom. The molecule has 0 heterocycles. The summed E-state index contributed by atoms with van der Waals surface area (Å²) in [7, 11) is 0. The number of hydrogen-bond donors (Lipinski definition) is 2. The fourth-order valence-corrected chi connectivity index (χ4v) is 1.32. The van der Waals surface area contributed by atoms with Crippen LogP contribution in [-0.4, -0.2) is 12.5 Å².